The van der Waals surface area contributed by atoms with Gasteiger partial charge in [-0.15, -0.1) is 0 Å². The summed E-state index contributed by atoms with van der Waals surface area (Å²) in [5, 5.41) is 24.0. The Balaban J connectivity index is 1.92. The van der Waals surface area contributed by atoms with Crippen LogP contribution in [0.5, 0.6) is 11.5 Å². The van der Waals surface area contributed by atoms with Gasteiger partial charge in [0.05, 0.1) is 0 Å². The van der Waals surface area contributed by atoms with Crippen molar-refractivity contribution in [2.45, 2.75) is 31.7 Å². The lowest BCUT2D eigenvalue weighted by Crippen LogP contribution is -2.36. The lowest BCUT2D eigenvalue weighted by atomic mass is 10.2. The minimum absolute atomic E-state index is 0.0823. The first kappa shape index (κ1) is 11.6. The third kappa shape index (κ3) is 3.27. The van der Waals surface area contributed by atoms with E-state index in [4.69, 9.17) is 0 Å². The van der Waals surface area contributed by atoms with Gasteiger partial charge in [-0.25, -0.2) is 4.79 Å². The van der Waals surface area contributed by atoms with Crippen molar-refractivity contribution in [3.63, 3.8) is 0 Å². The Morgan fingerprint density at radius 1 is 1.12 bits per heavy atom. The summed E-state index contributed by atoms with van der Waals surface area (Å²) in [7, 11) is 0. The number of hydrogen-bond acceptors (Lipinski definition) is 3. The van der Waals surface area contributed by atoms with Gasteiger partial charge in [-0.3, -0.25) is 0 Å². The lowest BCUT2D eigenvalue weighted by Gasteiger charge is -2.13. The van der Waals surface area contributed by atoms with Crippen LogP contribution in [0.1, 0.15) is 25.7 Å². The van der Waals surface area contributed by atoms with E-state index in [1.54, 1.807) is 0 Å². The van der Waals surface area contributed by atoms with Crippen molar-refractivity contribution in [3.05, 3.63) is 18.2 Å². The molecule has 0 atom stereocenters. The number of urea groups is 1. The van der Waals surface area contributed by atoms with Crippen LogP contribution in [0.3, 0.4) is 0 Å². The molecule has 0 aromatic heterocycles. The van der Waals surface area contributed by atoms with E-state index in [9.17, 15) is 15.0 Å². The average Bonchev–Trinajstić information content (AvgIpc) is 2.67. The van der Waals surface area contributed by atoms with E-state index in [-0.39, 0.29) is 23.6 Å². The number of hydrogen-bond donors (Lipinski definition) is 4. The van der Waals surface area contributed by atoms with Gasteiger partial charge in [0.1, 0.15) is 11.5 Å². The Kier molecular flexibility index (Phi) is 3.37. The van der Waals surface area contributed by atoms with Gasteiger partial charge >= 0.3 is 6.03 Å². The minimum Gasteiger partial charge on any atom is -0.508 e. The zero-order valence-electron chi connectivity index (χ0n) is 9.44. The number of amides is 2. The maximum Gasteiger partial charge on any atom is 0.319 e. The molecule has 0 unspecified atom stereocenters. The van der Waals surface area contributed by atoms with E-state index in [1.165, 1.54) is 18.2 Å². The highest BCUT2D eigenvalue weighted by Gasteiger charge is 2.17. The summed E-state index contributed by atoms with van der Waals surface area (Å²) < 4.78 is 0. The van der Waals surface area contributed by atoms with Crippen molar-refractivity contribution in [3.8, 4) is 11.5 Å². The highest BCUT2D eigenvalue weighted by Crippen LogP contribution is 2.24. The van der Waals surface area contributed by atoms with Crippen molar-refractivity contribution in [1.82, 2.24) is 5.32 Å². The number of carbonyl (C=O) groups excluding carboxylic acids is 1. The van der Waals surface area contributed by atoms with Gasteiger partial charge in [-0.05, 0) is 12.8 Å². The molecule has 0 aliphatic heterocycles. The molecule has 1 aliphatic carbocycles. The minimum atomic E-state index is -0.304. The highest BCUT2D eigenvalue weighted by atomic mass is 16.3. The molecule has 2 amide bonds. The van der Waals surface area contributed by atoms with Crippen LogP contribution < -0.4 is 10.6 Å². The first-order chi connectivity index (χ1) is 8.13. The molecule has 92 valence electrons. The van der Waals surface area contributed by atoms with Crippen LogP contribution in [0.15, 0.2) is 18.2 Å². The van der Waals surface area contributed by atoms with Gasteiger partial charge < -0.3 is 20.8 Å². The molecule has 1 saturated carbocycles. The normalized spacial score (nSPS) is 15.8. The Bertz CT molecular complexity index is 394. The van der Waals surface area contributed by atoms with Crippen molar-refractivity contribution < 1.29 is 15.0 Å². The molecule has 5 heteroatoms. The number of benzene rings is 1. The Hall–Kier alpha value is -1.91. The van der Waals surface area contributed by atoms with Gasteiger partial charge in [-0.2, -0.15) is 0 Å². The topological polar surface area (TPSA) is 81.6 Å². The molecule has 1 aromatic carbocycles. The Morgan fingerprint density at radius 3 is 2.29 bits per heavy atom. The van der Waals surface area contributed by atoms with Crippen molar-refractivity contribution >= 4 is 11.7 Å². The van der Waals surface area contributed by atoms with Gasteiger partial charge in [-0.1, -0.05) is 12.8 Å². The smallest absolute Gasteiger partial charge is 0.319 e. The Morgan fingerprint density at radius 2 is 1.71 bits per heavy atom. The van der Waals surface area contributed by atoms with Crippen LogP contribution >= 0.6 is 0 Å². The Labute approximate surface area is 99.5 Å². The van der Waals surface area contributed by atoms with Crippen LogP contribution in [-0.4, -0.2) is 22.3 Å². The van der Waals surface area contributed by atoms with Crippen LogP contribution in [0.2, 0.25) is 0 Å². The molecular formula is C12H16N2O3. The number of phenols is 2. The molecule has 0 bridgehead atoms. The number of phenolic OH excluding ortho intramolecular Hbond substituents is 2. The lowest BCUT2D eigenvalue weighted by molar-refractivity contribution is 0.248. The molecule has 4 N–H and O–H groups in total. The van der Waals surface area contributed by atoms with Crippen molar-refractivity contribution in [2.24, 2.45) is 0 Å². The van der Waals surface area contributed by atoms with Gasteiger partial charge in [0.15, 0.2) is 0 Å². The fourth-order valence-electron chi connectivity index (χ4n) is 2.09. The number of aromatic hydroxyl groups is 2. The molecule has 1 fully saturated rings. The number of nitrogens with one attached hydrogen (secondary N) is 2. The predicted octanol–water partition coefficient (Wildman–Crippen LogP) is 2.16. The summed E-state index contributed by atoms with van der Waals surface area (Å²) in [4.78, 5) is 11.6. The zero-order chi connectivity index (χ0) is 12.3. The third-order valence-corrected chi connectivity index (χ3v) is 2.85. The second kappa shape index (κ2) is 4.95. The molecule has 0 radical (unpaired) electrons. The zero-order valence-corrected chi connectivity index (χ0v) is 9.44. The number of anilines is 1. The summed E-state index contributed by atoms with van der Waals surface area (Å²) in [5.41, 5.74) is 0.373. The fraction of sp³-hybridized carbons (Fsp3) is 0.417. The van der Waals surface area contributed by atoms with Crippen LogP contribution in [0, 0.1) is 0 Å². The van der Waals surface area contributed by atoms with Crippen molar-refractivity contribution in [1.29, 1.82) is 0 Å². The molecule has 0 saturated heterocycles. The van der Waals surface area contributed by atoms with Crippen LogP contribution in [0.25, 0.3) is 0 Å². The fourth-order valence-corrected chi connectivity index (χ4v) is 2.09. The maximum absolute atomic E-state index is 11.6. The summed E-state index contributed by atoms with van der Waals surface area (Å²) >= 11 is 0. The van der Waals surface area contributed by atoms with E-state index < -0.39 is 0 Å². The second-order valence-corrected chi connectivity index (χ2v) is 4.32. The van der Waals surface area contributed by atoms with Crippen LogP contribution in [0.4, 0.5) is 10.5 Å². The summed E-state index contributed by atoms with van der Waals surface area (Å²) in [5.74, 6) is -0.165. The van der Waals surface area contributed by atoms with Gasteiger partial charge in [0.25, 0.3) is 0 Å². The van der Waals surface area contributed by atoms with E-state index in [0.717, 1.165) is 25.7 Å². The van der Waals surface area contributed by atoms with E-state index in [1.807, 2.05) is 0 Å². The predicted molar refractivity (Wildman–Crippen MR) is 64.2 cm³/mol. The van der Waals surface area contributed by atoms with Crippen molar-refractivity contribution in [2.75, 3.05) is 5.32 Å². The monoisotopic (exact) mass is 236 g/mol. The average molecular weight is 236 g/mol. The highest BCUT2D eigenvalue weighted by molar-refractivity contribution is 5.89. The van der Waals surface area contributed by atoms with Crippen LogP contribution in [-0.2, 0) is 0 Å². The quantitative estimate of drug-likeness (QED) is 0.635. The molecule has 1 aromatic rings. The molecule has 0 spiro atoms. The summed E-state index contributed by atoms with van der Waals surface area (Å²) in [6.45, 7) is 0. The van der Waals surface area contributed by atoms with E-state index in [2.05, 4.69) is 10.6 Å². The number of carbonyl (C=O) groups is 1. The molecular weight excluding hydrogens is 220 g/mol. The first-order valence-electron chi connectivity index (χ1n) is 5.74. The van der Waals surface area contributed by atoms with Gasteiger partial charge in [0.2, 0.25) is 0 Å². The van der Waals surface area contributed by atoms with E-state index >= 15 is 0 Å². The molecule has 1 aliphatic rings. The third-order valence-electron chi connectivity index (χ3n) is 2.85. The molecule has 5 nitrogen and oxygen atoms in total. The van der Waals surface area contributed by atoms with E-state index in [0.29, 0.717) is 5.69 Å². The molecule has 17 heavy (non-hydrogen) atoms. The largest absolute Gasteiger partial charge is 0.508 e. The number of rotatable bonds is 2. The molecule has 0 heterocycles. The maximum atomic E-state index is 11.6. The second-order valence-electron chi connectivity index (χ2n) is 4.32. The standard InChI is InChI=1S/C12H16N2O3/c15-10-5-9(6-11(16)7-10)14-12(17)13-8-3-1-2-4-8/h5-8,15-16H,1-4H2,(H2,13,14,17). The van der Waals surface area contributed by atoms with Gasteiger partial charge in [0, 0.05) is 29.9 Å². The SMILES string of the molecule is O=C(Nc1cc(O)cc(O)c1)NC1CCCC1. The first-order valence-corrected chi connectivity index (χ1v) is 5.74. The summed E-state index contributed by atoms with van der Waals surface area (Å²) in [6, 6.07) is 3.91. The molecule has 2 rings (SSSR count). The summed E-state index contributed by atoms with van der Waals surface area (Å²) in [6.07, 6.45) is 4.33.